The van der Waals surface area contributed by atoms with Gasteiger partial charge in [0.05, 0.1) is 73.2 Å². The van der Waals surface area contributed by atoms with E-state index in [0.29, 0.717) is 40.7 Å². The van der Waals surface area contributed by atoms with Crippen LogP contribution in [0.4, 0.5) is 11.9 Å². The minimum absolute atomic E-state index is 0.179. The van der Waals surface area contributed by atoms with Gasteiger partial charge in [0, 0.05) is 34.3 Å². The number of nitrogen functional groups attached to an aromatic ring is 2. The maximum atomic E-state index is 10.6. The van der Waals surface area contributed by atoms with Gasteiger partial charge in [-0.3, -0.25) is 19.7 Å². The van der Waals surface area contributed by atoms with Crippen LogP contribution in [0.2, 0.25) is 0 Å². The van der Waals surface area contributed by atoms with Gasteiger partial charge in [-0.2, -0.15) is 10.2 Å². The predicted octanol–water partition coefficient (Wildman–Crippen LogP) is 6.70. The number of ether oxygens (including phenoxy) is 2. The molecule has 2 saturated carbocycles. The van der Waals surface area contributed by atoms with Crippen LogP contribution in [0.1, 0.15) is 61.3 Å². The van der Waals surface area contributed by atoms with E-state index < -0.39 is 11.2 Å². The Bertz CT molecular complexity index is 2790. The number of nitrogens with one attached hydrogen (secondary N) is 1. The van der Waals surface area contributed by atoms with Crippen molar-refractivity contribution in [3.63, 3.8) is 0 Å². The molecule has 0 unspecified atom stereocenters. The minimum Gasteiger partial charge on any atom is -0.494 e. The van der Waals surface area contributed by atoms with Crippen LogP contribution in [0.5, 0.6) is 11.5 Å². The molecular weight excluding hydrogens is 796 g/mol. The molecular formula is C44H45ClN12O4. The summed E-state index contributed by atoms with van der Waals surface area (Å²) in [6, 6.07) is 22.8. The first-order chi connectivity index (χ1) is 29.6. The second kappa shape index (κ2) is 17.5. The number of anilines is 2. The maximum Gasteiger partial charge on any atom is 0.221 e. The number of hydrogen-bond donors (Lipinski definition) is 5. The molecule has 312 valence electrons. The summed E-state index contributed by atoms with van der Waals surface area (Å²) in [5.74, 6) is 2.11. The molecule has 10 rings (SSSR count). The summed E-state index contributed by atoms with van der Waals surface area (Å²) in [7, 11) is 3.20. The first-order valence-corrected chi connectivity index (χ1v) is 20.3. The molecule has 17 heteroatoms. The van der Waals surface area contributed by atoms with E-state index in [-0.39, 0.29) is 11.9 Å². The van der Waals surface area contributed by atoms with Gasteiger partial charge in [-0.25, -0.2) is 19.9 Å². The number of alkyl halides is 1. The van der Waals surface area contributed by atoms with Crippen molar-refractivity contribution in [3.05, 3.63) is 120 Å². The van der Waals surface area contributed by atoms with Gasteiger partial charge >= 0.3 is 0 Å². The van der Waals surface area contributed by atoms with Crippen LogP contribution >= 0.6 is 11.6 Å². The Kier molecular flexibility index (Phi) is 11.7. The normalized spacial score (nSPS) is 14.8. The predicted molar refractivity (Wildman–Crippen MR) is 232 cm³/mol. The van der Waals surface area contributed by atoms with Crippen LogP contribution in [-0.2, 0) is 23.6 Å². The Balaban J connectivity index is 0.000000140. The standard InChI is InChI=1S/C22H22N6O2.C12H11N5O.C10H12ClNO/c1-30-17-7-3-6-16-19(26-21(23)27-20(16)17)14-11-24-28(12-14)13-15-5-2-8-18(25-15)22(29)9-4-10-22;1-18-9-4-2-3-8-10(7-5-14-15-6-7)16-12(13)17-11(8)9;11-7-8-3-1-4-9(12-8)10(13)5-2-6-10/h2-3,5-8,11-12,29H,4,9-10,13H2,1H3,(H2,23,26,27);2-6H,1H3,(H,14,15)(H2,13,16,17);1,3-4,13H,2,5-7H2. The number of para-hydroxylation sites is 2. The summed E-state index contributed by atoms with van der Waals surface area (Å²) in [5.41, 5.74) is 17.9. The highest BCUT2D eigenvalue weighted by Crippen LogP contribution is 2.41. The van der Waals surface area contributed by atoms with Crippen molar-refractivity contribution in [1.82, 2.24) is 49.9 Å². The van der Waals surface area contributed by atoms with Crippen molar-refractivity contribution < 1.29 is 19.7 Å². The van der Waals surface area contributed by atoms with E-state index in [1.165, 1.54) is 0 Å². The molecule has 2 aliphatic rings. The van der Waals surface area contributed by atoms with Gasteiger partial charge in [0.25, 0.3) is 0 Å². The molecule has 2 fully saturated rings. The van der Waals surface area contributed by atoms with Gasteiger partial charge in [0.15, 0.2) is 0 Å². The molecule has 6 aromatic heterocycles. The molecule has 0 radical (unpaired) electrons. The zero-order valence-electron chi connectivity index (χ0n) is 33.7. The van der Waals surface area contributed by atoms with Crippen molar-refractivity contribution >= 4 is 45.3 Å². The fourth-order valence-corrected chi connectivity index (χ4v) is 7.50. The van der Waals surface area contributed by atoms with E-state index >= 15 is 0 Å². The molecule has 0 bridgehead atoms. The zero-order valence-corrected chi connectivity index (χ0v) is 34.4. The minimum atomic E-state index is -0.776. The molecule has 61 heavy (non-hydrogen) atoms. The van der Waals surface area contributed by atoms with E-state index in [9.17, 15) is 10.2 Å². The van der Waals surface area contributed by atoms with Crippen molar-refractivity contribution in [2.75, 3.05) is 25.7 Å². The molecule has 7 N–H and O–H groups in total. The topological polar surface area (TPSA) is 235 Å². The monoisotopic (exact) mass is 840 g/mol. The lowest BCUT2D eigenvalue weighted by Crippen LogP contribution is -2.34. The number of aromatic amines is 1. The first kappa shape index (κ1) is 41.0. The van der Waals surface area contributed by atoms with Crippen molar-refractivity contribution in [2.24, 2.45) is 0 Å². The lowest BCUT2D eigenvalue weighted by Gasteiger charge is -2.36. The Morgan fingerprint density at radius 2 is 1.20 bits per heavy atom. The Hall–Kier alpha value is -6.75. The number of aliphatic hydroxyl groups is 2. The van der Waals surface area contributed by atoms with Crippen LogP contribution in [0, 0.1) is 0 Å². The number of H-pyrrole nitrogens is 1. The second-order valence-electron chi connectivity index (χ2n) is 14.9. The smallest absolute Gasteiger partial charge is 0.221 e. The van der Waals surface area contributed by atoms with Crippen molar-refractivity contribution in [3.8, 4) is 34.0 Å². The molecule has 16 nitrogen and oxygen atoms in total. The lowest BCUT2D eigenvalue weighted by molar-refractivity contribution is -0.0430. The third kappa shape index (κ3) is 8.64. The number of fused-ring (bicyclic) bond motifs is 2. The third-order valence-electron chi connectivity index (χ3n) is 10.9. The molecule has 0 saturated heterocycles. The number of benzene rings is 2. The Labute approximate surface area is 356 Å². The van der Waals surface area contributed by atoms with E-state index in [1.807, 2.05) is 79.0 Å². The Morgan fingerprint density at radius 3 is 1.69 bits per heavy atom. The molecule has 2 aromatic carbocycles. The van der Waals surface area contributed by atoms with Crippen LogP contribution in [-0.4, -0.2) is 74.3 Å². The summed E-state index contributed by atoms with van der Waals surface area (Å²) in [6.45, 7) is 0.492. The number of pyridine rings is 2. The largest absolute Gasteiger partial charge is 0.494 e. The summed E-state index contributed by atoms with van der Waals surface area (Å²) in [5, 5.41) is 33.4. The van der Waals surface area contributed by atoms with Gasteiger partial charge < -0.3 is 31.2 Å². The number of nitrogens with two attached hydrogens (primary N) is 2. The zero-order chi connectivity index (χ0) is 42.6. The number of nitrogens with zero attached hydrogens (tertiary/aromatic N) is 9. The summed E-state index contributed by atoms with van der Waals surface area (Å²) >= 11 is 5.67. The van der Waals surface area contributed by atoms with E-state index in [4.69, 9.17) is 32.5 Å². The summed E-state index contributed by atoms with van der Waals surface area (Å²) in [4.78, 5) is 26.2. The summed E-state index contributed by atoms with van der Waals surface area (Å²) in [6.07, 6.45) is 12.4. The molecule has 0 amide bonds. The highest BCUT2D eigenvalue weighted by atomic mass is 35.5. The van der Waals surface area contributed by atoms with Crippen molar-refractivity contribution in [1.29, 1.82) is 0 Å². The average Bonchev–Trinajstić information content (AvgIpc) is 3.98. The molecule has 8 aromatic rings. The van der Waals surface area contributed by atoms with Gasteiger partial charge in [-0.1, -0.05) is 36.4 Å². The Morgan fingerprint density at radius 1 is 0.672 bits per heavy atom. The van der Waals surface area contributed by atoms with Crippen molar-refractivity contribution in [2.45, 2.75) is 62.2 Å². The van der Waals surface area contributed by atoms with Crippen LogP contribution in [0.25, 0.3) is 44.3 Å². The van der Waals surface area contributed by atoms with E-state index in [1.54, 1.807) is 37.5 Å². The van der Waals surface area contributed by atoms with Crippen LogP contribution in [0.3, 0.4) is 0 Å². The highest BCUT2D eigenvalue weighted by Gasteiger charge is 2.38. The molecule has 2 aliphatic carbocycles. The van der Waals surface area contributed by atoms with Crippen LogP contribution in [0.15, 0.2) is 97.6 Å². The molecule has 0 atom stereocenters. The lowest BCUT2D eigenvalue weighted by atomic mass is 9.77. The molecule has 0 aliphatic heterocycles. The highest BCUT2D eigenvalue weighted by molar-refractivity contribution is 6.16. The van der Waals surface area contributed by atoms with Gasteiger partial charge in [-0.05, 0) is 74.9 Å². The van der Waals surface area contributed by atoms with Crippen LogP contribution < -0.4 is 20.9 Å². The number of methoxy groups -OCH3 is 2. The summed E-state index contributed by atoms with van der Waals surface area (Å²) < 4.78 is 12.5. The fourth-order valence-electron chi connectivity index (χ4n) is 7.35. The third-order valence-corrected chi connectivity index (χ3v) is 11.2. The first-order valence-electron chi connectivity index (χ1n) is 19.8. The van der Waals surface area contributed by atoms with Gasteiger partial charge in [0.2, 0.25) is 11.9 Å². The average molecular weight is 841 g/mol. The quantitative estimate of drug-likeness (QED) is 0.0952. The van der Waals surface area contributed by atoms with Gasteiger partial charge in [-0.15, -0.1) is 11.6 Å². The number of rotatable bonds is 9. The molecule has 6 heterocycles. The fraction of sp³-hybridized carbons (Fsp3) is 0.273. The number of hydrogen-bond acceptors (Lipinski definition) is 14. The molecule has 0 spiro atoms. The van der Waals surface area contributed by atoms with Gasteiger partial charge in [0.1, 0.15) is 33.7 Å². The maximum absolute atomic E-state index is 10.6. The SMILES string of the molecule is COc1cccc2c(-c3cn[nH]c3)nc(N)nc12.COc1cccc2c(-c3cnn(Cc4cccc(C5(O)CCC5)n4)c3)nc(N)nc12.OC1(c2cccc(CCl)n2)CCC1. The van der Waals surface area contributed by atoms with E-state index in [2.05, 4.69) is 45.2 Å². The second-order valence-corrected chi connectivity index (χ2v) is 15.2. The number of halogens is 1. The van der Waals surface area contributed by atoms with E-state index in [0.717, 1.165) is 88.9 Å². The number of aromatic nitrogens is 10.